The van der Waals surface area contributed by atoms with Crippen LogP contribution in [0.1, 0.15) is 12.5 Å². The Hall–Kier alpha value is -0.680. The second-order valence-corrected chi connectivity index (χ2v) is 4.40. The first kappa shape index (κ1) is 21.6. The molecule has 0 heterocycles. The van der Waals surface area contributed by atoms with Gasteiger partial charge >= 0.3 is 0 Å². The van der Waals surface area contributed by atoms with Crippen LogP contribution in [-0.4, -0.2) is 45.8 Å². The molecule has 0 radical (unpaired) electrons. The number of halogens is 2. The molecule has 118 valence electrons. The Kier molecular flexibility index (Phi) is 13.1. The predicted octanol–water partition coefficient (Wildman–Crippen LogP) is 2.59. The topological polar surface area (TPSA) is 33.7 Å². The highest BCUT2D eigenvalue weighted by molar-refractivity contribution is 5.85. The van der Waals surface area contributed by atoms with E-state index >= 15 is 0 Å². The second kappa shape index (κ2) is 12.1. The molecule has 0 atom stereocenters. The van der Waals surface area contributed by atoms with Crippen LogP contribution in [-0.2, 0) is 6.54 Å². The van der Waals surface area contributed by atoms with Crippen molar-refractivity contribution in [3.8, 4) is 11.5 Å². The Bertz CT molecular complexity index is 363. The van der Waals surface area contributed by atoms with Crippen LogP contribution in [0.15, 0.2) is 18.2 Å². The Morgan fingerprint density at radius 1 is 1.15 bits per heavy atom. The quantitative estimate of drug-likeness (QED) is 0.745. The fraction of sp³-hybridized carbons (Fsp3) is 0.571. The Balaban J connectivity index is 0. The van der Waals surface area contributed by atoms with Crippen molar-refractivity contribution in [1.29, 1.82) is 0 Å². The fourth-order valence-electron chi connectivity index (χ4n) is 1.63. The summed E-state index contributed by atoms with van der Waals surface area (Å²) in [5.41, 5.74) is 1.21. The Labute approximate surface area is 134 Å². The van der Waals surface area contributed by atoms with Gasteiger partial charge in [0.15, 0.2) is 11.5 Å². The molecular weight excluding hydrogens is 299 g/mol. The van der Waals surface area contributed by atoms with Crippen LogP contribution in [0.4, 0.5) is 0 Å². The molecule has 0 aliphatic carbocycles. The number of likely N-dealkylation sites (N-methyl/N-ethyl adjacent to an activating group) is 1. The molecule has 0 aromatic heterocycles. The summed E-state index contributed by atoms with van der Waals surface area (Å²) in [7, 11) is 5.80. The predicted molar refractivity (Wildman–Crippen MR) is 88.9 cm³/mol. The van der Waals surface area contributed by atoms with E-state index in [0.29, 0.717) is 6.61 Å². The highest BCUT2D eigenvalue weighted by Crippen LogP contribution is 2.27. The van der Waals surface area contributed by atoms with Crippen LogP contribution in [0.5, 0.6) is 11.5 Å². The number of nitrogens with one attached hydrogen (secondary N) is 1. The average molecular weight is 325 g/mol. The van der Waals surface area contributed by atoms with Gasteiger partial charge in [0.25, 0.3) is 0 Å². The molecule has 6 heteroatoms. The monoisotopic (exact) mass is 324 g/mol. The summed E-state index contributed by atoms with van der Waals surface area (Å²) in [6.07, 6.45) is 0. The lowest BCUT2D eigenvalue weighted by molar-refractivity contribution is 0.310. The van der Waals surface area contributed by atoms with Gasteiger partial charge in [-0.2, -0.15) is 0 Å². The summed E-state index contributed by atoms with van der Waals surface area (Å²) in [4.78, 5) is 2.16. The fourth-order valence-corrected chi connectivity index (χ4v) is 1.63. The van der Waals surface area contributed by atoms with Crippen molar-refractivity contribution in [3.05, 3.63) is 23.8 Å². The van der Waals surface area contributed by atoms with Crippen molar-refractivity contribution >= 4 is 24.8 Å². The molecule has 0 unspecified atom stereocenters. The third-order valence-corrected chi connectivity index (χ3v) is 2.59. The molecule has 1 aromatic carbocycles. The SMILES string of the molecule is CCOc1cc(CNCCN(C)C)ccc1OC.Cl.Cl. The largest absolute Gasteiger partial charge is 0.493 e. The summed E-state index contributed by atoms with van der Waals surface area (Å²) >= 11 is 0. The van der Waals surface area contributed by atoms with Gasteiger partial charge in [-0.25, -0.2) is 0 Å². The first-order chi connectivity index (χ1) is 8.67. The van der Waals surface area contributed by atoms with Crippen molar-refractivity contribution in [2.24, 2.45) is 0 Å². The molecule has 1 N–H and O–H groups in total. The second-order valence-electron chi connectivity index (χ2n) is 4.40. The molecule has 0 fully saturated rings. The lowest BCUT2D eigenvalue weighted by Gasteiger charge is -2.13. The number of rotatable bonds is 8. The van der Waals surface area contributed by atoms with E-state index in [-0.39, 0.29) is 24.8 Å². The van der Waals surface area contributed by atoms with E-state index in [9.17, 15) is 0 Å². The normalized spacial score (nSPS) is 9.65. The van der Waals surface area contributed by atoms with Gasteiger partial charge in [-0.05, 0) is 38.7 Å². The molecule has 0 amide bonds. The highest BCUT2D eigenvalue weighted by atomic mass is 35.5. The third kappa shape index (κ3) is 7.80. The van der Waals surface area contributed by atoms with Gasteiger partial charge in [-0.3, -0.25) is 0 Å². The molecule has 0 saturated carbocycles. The van der Waals surface area contributed by atoms with Crippen molar-refractivity contribution in [2.45, 2.75) is 13.5 Å². The van der Waals surface area contributed by atoms with Crippen molar-refractivity contribution < 1.29 is 9.47 Å². The maximum Gasteiger partial charge on any atom is 0.161 e. The van der Waals surface area contributed by atoms with Gasteiger partial charge in [0.2, 0.25) is 0 Å². The maximum atomic E-state index is 5.55. The van der Waals surface area contributed by atoms with E-state index in [4.69, 9.17) is 9.47 Å². The zero-order chi connectivity index (χ0) is 13.4. The molecule has 20 heavy (non-hydrogen) atoms. The smallest absolute Gasteiger partial charge is 0.161 e. The molecule has 0 saturated heterocycles. The molecule has 0 bridgehead atoms. The van der Waals surface area contributed by atoms with Crippen molar-refractivity contribution in [2.75, 3.05) is 40.9 Å². The van der Waals surface area contributed by atoms with Gasteiger partial charge in [0.05, 0.1) is 13.7 Å². The summed E-state index contributed by atoms with van der Waals surface area (Å²) < 4.78 is 10.8. The Morgan fingerprint density at radius 3 is 2.40 bits per heavy atom. The minimum Gasteiger partial charge on any atom is -0.493 e. The van der Waals surface area contributed by atoms with Gasteiger partial charge in [0.1, 0.15) is 0 Å². The van der Waals surface area contributed by atoms with Gasteiger partial charge in [0, 0.05) is 19.6 Å². The molecule has 0 aliphatic heterocycles. The zero-order valence-corrected chi connectivity index (χ0v) is 14.3. The minimum absolute atomic E-state index is 0. The van der Waals surface area contributed by atoms with E-state index in [0.717, 1.165) is 31.1 Å². The van der Waals surface area contributed by atoms with Crippen molar-refractivity contribution in [1.82, 2.24) is 10.2 Å². The first-order valence-corrected chi connectivity index (χ1v) is 6.32. The third-order valence-electron chi connectivity index (χ3n) is 2.59. The average Bonchev–Trinajstić information content (AvgIpc) is 2.35. The number of hydrogen-bond donors (Lipinski definition) is 1. The number of ether oxygens (including phenoxy) is 2. The number of benzene rings is 1. The van der Waals surface area contributed by atoms with E-state index < -0.39 is 0 Å². The number of methoxy groups -OCH3 is 1. The molecule has 0 spiro atoms. The van der Waals surface area contributed by atoms with Gasteiger partial charge < -0.3 is 19.7 Å². The van der Waals surface area contributed by atoms with Crippen molar-refractivity contribution in [3.63, 3.8) is 0 Å². The van der Waals surface area contributed by atoms with Gasteiger partial charge in [-0.15, -0.1) is 24.8 Å². The summed E-state index contributed by atoms with van der Waals surface area (Å²) in [5.74, 6) is 1.60. The minimum atomic E-state index is 0. The summed E-state index contributed by atoms with van der Waals surface area (Å²) in [6.45, 7) is 5.48. The van der Waals surface area contributed by atoms with Crippen LogP contribution < -0.4 is 14.8 Å². The van der Waals surface area contributed by atoms with Crippen LogP contribution in [0.25, 0.3) is 0 Å². The maximum absolute atomic E-state index is 5.55. The number of nitrogens with zero attached hydrogens (tertiary/aromatic N) is 1. The molecular formula is C14H26Cl2N2O2. The van der Waals surface area contributed by atoms with E-state index in [1.807, 2.05) is 19.1 Å². The molecule has 1 aromatic rings. The summed E-state index contributed by atoms with van der Waals surface area (Å²) in [5, 5.41) is 3.40. The van der Waals surface area contributed by atoms with Crippen LogP contribution >= 0.6 is 24.8 Å². The van der Waals surface area contributed by atoms with Crippen LogP contribution in [0.2, 0.25) is 0 Å². The lowest BCUT2D eigenvalue weighted by Crippen LogP contribution is -2.26. The molecule has 0 aliphatic rings. The van der Waals surface area contributed by atoms with Crippen LogP contribution in [0.3, 0.4) is 0 Å². The van der Waals surface area contributed by atoms with Crippen LogP contribution in [0, 0.1) is 0 Å². The lowest BCUT2D eigenvalue weighted by atomic mass is 10.2. The van der Waals surface area contributed by atoms with E-state index in [1.165, 1.54) is 5.56 Å². The molecule has 4 nitrogen and oxygen atoms in total. The first-order valence-electron chi connectivity index (χ1n) is 6.32. The Morgan fingerprint density at radius 2 is 1.85 bits per heavy atom. The summed E-state index contributed by atoms with van der Waals surface area (Å²) in [6, 6.07) is 6.04. The standard InChI is InChI=1S/C14H24N2O2.2ClH/c1-5-18-14-10-12(6-7-13(14)17-4)11-15-8-9-16(2)3;;/h6-7,10,15H,5,8-9,11H2,1-4H3;2*1H. The zero-order valence-electron chi connectivity index (χ0n) is 12.6. The molecule has 1 rings (SSSR count). The van der Waals surface area contributed by atoms with E-state index in [1.54, 1.807) is 7.11 Å². The van der Waals surface area contributed by atoms with E-state index in [2.05, 4.69) is 30.4 Å². The number of hydrogen-bond acceptors (Lipinski definition) is 4. The van der Waals surface area contributed by atoms with Gasteiger partial charge in [-0.1, -0.05) is 6.07 Å². The highest BCUT2D eigenvalue weighted by Gasteiger charge is 2.04.